The Morgan fingerprint density at radius 3 is 2.36 bits per heavy atom. The lowest BCUT2D eigenvalue weighted by atomic mass is 10.1. The summed E-state index contributed by atoms with van der Waals surface area (Å²) in [4.78, 5) is 10.00. The number of nitrogens with zero attached hydrogens (tertiary/aromatic N) is 1. The van der Waals surface area contributed by atoms with Gasteiger partial charge in [0, 0.05) is 5.02 Å². The monoisotopic (exact) mass is 351 g/mol. The molecule has 2 aromatic carbocycles. The Balaban J connectivity index is 2.53. The maximum absolute atomic E-state index is 12.7. The molecule has 0 heterocycles. The van der Waals surface area contributed by atoms with E-state index in [1.54, 1.807) is 6.07 Å². The Bertz CT molecular complexity index is 735. The summed E-state index contributed by atoms with van der Waals surface area (Å²) >= 11 is 11.3. The van der Waals surface area contributed by atoms with Crippen LogP contribution in [0.5, 0.6) is 11.5 Å². The molecule has 0 aliphatic rings. The second-order valence-electron chi connectivity index (χ2n) is 4.09. The Morgan fingerprint density at radius 2 is 1.82 bits per heavy atom. The van der Waals surface area contributed by atoms with Crippen LogP contribution in [0.15, 0.2) is 36.4 Å². The molecule has 0 fully saturated rings. The van der Waals surface area contributed by atoms with Gasteiger partial charge in [-0.05, 0) is 30.3 Å². The highest BCUT2D eigenvalue weighted by atomic mass is 35.5. The number of nitro benzene ring substituents is 1. The van der Waals surface area contributed by atoms with Crippen molar-refractivity contribution in [1.82, 2.24) is 0 Å². The van der Waals surface area contributed by atoms with Gasteiger partial charge >= 0.3 is 11.9 Å². The van der Waals surface area contributed by atoms with Gasteiger partial charge in [-0.15, -0.1) is 0 Å². The lowest BCUT2D eigenvalue weighted by molar-refractivity contribution is -0.385. The third-order valence-electron chi connectivity index (χ3n) is 2.59. The third-order valence-corrected chi connectivity index (χ3v) is 3.21. The topological polar surface area (TPSA) is 52.4 Å². The molecule has 4 nitrogen and oxygen atoms in total. The fourth-order valence-electron chi connectivity index (χ4n) is 1.68. The van der Waals surface area contributed by atoms with Gasteiger partial charge in [-0.1, -0.05) is 29.3 Å². The fourth-order valence-corrected chi connectivity index (χ4v) is 2.19. The van der Waals surface area contributed by atoms with Crippen molar-refractivity contribution < 1.29 is 22.8 Å². The Labute approximate surface area is 132 Å². The summed E-state index contributed by atoms with van der Waals surface area (Å²) in [6.07, 6.45) is -4.81. The summed E-state index contributed by atoms with van der Waals surface area (Å²) in [7, 11) is 0. The molecule has 0 unspecified atom stereocenters. The molecule has 0 saturated carbocycles. The van der Waals surface area contributed by atoms with Gasteiger partial charge in [0.2, 0.25) is 5.75 Å². The molecule has 22 heavy (non-hydrogen) atoms. The van der Waals surface area contributed by atoms with E-state index in [1.165, 1.54) is 18.2 Å². The van der Waals surface area contributed by atoms with Gasteiger partial charge in [-0.3, -0.25) is 10.1 Å². The minimum atomic E-state index is -4.81. The van der Waals surface area contributed by atoms with Crippen molar-refractivity contribution in [2.45, 2.75) is 6.18 Å². The first-order valence-corrected chi connectivity index (χ1v) is 6.43. The summed E-state index contributed by atoms with van der Waals surface area (Å²) in [5, 5.41) is 10.3. The van der Waals surface area contributed by atoms with Crippen molar-refractivity contribution >= 4 is 28.9 Å². The highest BCUT2D eigenvalue weighted by molar-refractivity contribution is 6.33. The van der Waals surface area contributed by atoms with Crippen LogP contribution in [0.2, 0.25) is 10.0 Å². The van der Waals surface area contributed by atoms with Gasteiger partial charge in [0.25, 0.3) is 0 Å². The maximum Gasteiger partial charge on any atom is 0.418 e. The van der Waals surface area contributed by atoms with E-state index in [-0.39, 0.29) is 5.75 Å². The molecule has 0 amide bonds. The molecule has 9 heteroatoms. The highest BCUT2D eigenvalue weighted by Gasteiger charge is 2.38. The van der Waals surface area contributed by atoms with Gasteiger partial charge in [-0.2, -0.15) is 13.2 Å². The van der Waals surface area contributed by atoms with Gasteiger partial charge in [0.05, 0.1) is 10.5 Å². The largest absolute Gasteiger partial charge is 0.450 e. The number of hydrogen-bond acceptors (Lipinski definition) is 3. The number of benzene rings is 2. The summed E-state index contributed by atoms with van der Waals surface area (Å²) in [6, 6.07) is 7.33. The molecule has 0 aliphatic heterocycles. The van der Waals surface area contributed by atoms with Crippen LogP contribution in [0.4, 0.5) is 18.9 Å². The van der Waals surface area contributed by atoms with Crippen LogP contribution >= 0.6 is 23.2 Å². The lowest BCUT2D eigenvalue weighted by Crippen LogP contribution is -2.07. The van der Waals surface area contributed by atoms with E-state index in [2.05, 4.69) is 0 Å². The van der Waals surface area contributed by atoms with Gasteiger partial charge in [0.15, 0.2) is 0 Å². The first-order chi connectivity index (χ1) is 10.2. The zero-order chi connectivity index (χ0) is 16.5. The summed E-state index contributed by atoms with van der Waals surface area (Å²) in [6.45, 7) is 0. The van der Waals surface area contributed by atoms with Crippen LogP contribution in [-0.2, 0) is 6.18 Å². The molecule has 2 rings (SSSR count). The van der Waals surface area contributed by atoms with Crippen molar-refractivity contribution in [3.63, 3.8) is 0 Å². The summed E-state index contributed by atoms with van der Waals surface area (Å²) in [5.41, 5.74) is -2.27. The number of halogens is 5. The molecule has 0 saturated heterocycles. The maximum atomic E-state index is 12.7. The van der Waals surface area contributed by atoms with Crippen molar-refractivity contribution in [3.05, 3.63) is 62.1 Å². The predicted molar refractivity (Wildman–Crippen MR) is 74.6 cm³/mol. The van der Waals surface area contributed by atoms with Gasteiger partial charge in [0.1, 0.15) is 10.8 Å². The van der Waals surface area contributed by atoms with E-state index in [0.717, 1.165) is 6.07 Å². The van der Waals surface area contributed by atoms with E-state index in [1.807, 2.05) is 0 Å². The number of rotatable bonds is 3. The number of ether oxygens (including phenoxy) is 1. The van der Waals surface area contributed by atoms with Crippen LogP contribution in [0, 0.1) is 10.1 Å². The molecule has 0 spiro atoms. The summed E-state index contributed by atoms with van der Waals surface area (Å²) < 4.78 is 43.4. The lowest BCUT2D eigenvalue weighted by Gasteiger charge is -2.12. The first kappa shape index (κ1) is 16.4. The zero-order valence-corrected chi connectivity index (χ0v) is 12.0. The molecule has 2 aromatic rings. The fraction of sp³-hybridized carbons (Fsp3) is 0.0769. The number of alkyl halides is 3. The van der Waals surface area contributed by atoms with Crippen molar-refractivity contribution in [2.75, 3.05) is 0 Å². The van der Waals surface area contributed by atoms with Gasteiger partial charge in [-0.25, -0.2) is 0 Å². The highest BCUT2D eigenvalue weighted by Crippen LogP contribution is 2.44. The molecule has 0 aromatic heterocycles. The average Bonchev–Trinajstić information content (AvgIpc) is 2.36. The number of hydrogen-bond donors (Lipinski definition) is 0. The number of nitro groups is 1. The molecule has 116 valence electrons. The molecular weight excluding hydrogens is 346 g/mol. The Kier molecular flexibility index (Phi) is 4.48. The Hall–Kier alpha value is -1.99. The van der Waals surface area contributed by atoms with E-state index in [4.69, 9.17) is 27.9 Å². The molecule has 0 atom stereocenters. The van der Waals surface area contributed by atoms with E-state index in [0.29, 0.717) is 11.1 Å². The molecule has 0 N–H and O–H groups in total. The minimum absolute atomic E-state index is 0.131. The minimum Gasteiger partial charge on any atom is -0.450 e. The third kappa shape index (κ3) is 3.42. The first-order valence-electron chi connectivity index (χ1n) is 5.67. The van der Waals surface area contributed by atoms with Crippen molar-refractivity contribution in [1.29, 1.82) is 0 Å². The normalized spacial score (nSPS) is 11.3. The van der Waals surface area contributed by atoms with Crippen LogP contribution in [0.1, 0.15) is 5.56 Å². The standard InChI is InChI=1S/C13H6Cl2F3NO3/c14-7-2-1-3-8(6-7)22-10-5-4-9(13(16,17)18)11(15)12(10)19(20)21/h1-6H. The summed E-state index contributed by atoms with van der Waals surface area (Å²) in [5.74, 6) is -0.281. The second kappa shape index (κ2) is 6.02. The molecule has 0 bridgehead atoms. The molecule has 0 aliphatic carbocycles. The molecule has 0 radical (unpaired) electrons. The quantitative estimate of drug-likeness (QED) is 0.525. The van der Waals surface area contributed by atoms with Gasteiger partial charge < -0.3 is 4.74 Å². The van der Waals surface area contributed by atoms with Crippen LogP contribution < -0.4 is 4.74 Å². The van der Waals surface area contributed by atoms with E-state index in [9.17, 15) is 23.3 Å². The smallest absolute Gasteiger partial charge is 0.418 e. The van der Waals surface area contributed by atoms with Crippen LogP contribution in [-0.4, -0.2) is 4.92 Å². The predicted octanol–water partition coefficient (Wildman–Crippen LogP) is 5.71. The van der Waals surface area contributed by atoms with Crippen molar-refractivity contribution in [3.8, 4) is 11.5 Å². The second-order valence-corrected chi connectivity index (χ2v) is 4.90. The SMILES string of the molecule is O=[N+]([O-])c1c(Oc2cccc(Cl)c2)ccc(C(F)(F)F)c1Cl. The van der Waals surface area contributed by atoms with E-state index < -0.39 is 33.1 Å². The average molecular weight is 352 g/mol. The van der Waals surface area contributed by atoms with Crippen LogP contribution in [0.25, 0.3) is 0 Å². The van der Waals surface area contributed by atoms with Crippen molar-refractivity contribution in [2.24, 2.45) is 0 Å². The van der Waals surface area contributed by atoms with E-state index >= 15 is 0 Å². The molecular formula is C13H6Cl2F3NO3. The Morgan fingerprint density at radius 1 is 1.14 bits per heavy atom. The zero-order valence-electron chi connectivity index (χ0n) is 10.5. The van der Waals surface area contributed by atoms with Crippen LogP contribution in [0.3, 0.4) is 0 Å².